The van der Waals surface area contributed by atoms with Crippen LogP contribution in [0.5, 0.6) is 11.5 Å². The number of ether oxygens (including phenoxy) is 2. The van der Waals surface area contributed by atoms with Gasteiger partial charge in [-0.05, 0) is 53.6 Å². The number of methoxy groups -OCH3 is 1. The van der Waals surface area contributed by atoms with Crippen LogP contribution in [-0.4, -0.2) is 67.0 Å². The van der Waals surface area contributed by atoms with Gasteiger partial charge < -0.3 is 19.5 Å². The summed E-state index contributed by atoms with van der Waals surface area (Å²) in [7, 11) is -2.01. The number of likely N-dealkylation sites (tertiary alicyclic amines) is 1. The number of hydrogen-bond donors (Lipinski definition) is 1. The second-order valence-electron chi connectivity index (χ2n) is 9.08. The average molecular weight is 650 g/mol. The number of benzene rings is 3. The molecule has 0 bridgehead atoms. The van der Waals surface area contributed by atoms with Crippen LogP contribution in [0, 0.1) is 0 Å². The van der Waals surface area contributed by atoms with Crippen molar-refractivity contribution in [3.05, 3.63) is 101 Å². The summed E-state index contributed by atoms with van der Waals surface area (Å²) in [6.07, 6.45) is 1.23. The maximum atomic E-state index is 13.5. The molecule has 42 heavy (non-hydrogen) atoms. The molecule has 3 unspecified atom stereocenters. The number of amides is 1. The summed E-state index contributed by atoms with van der Waals surface area (Å²) >= 11 is 12.1. The Labute approximate surface area is 257 Å². The summed E-state index contributed by atoms with van der Waals surface area (Å²) in [4.78, 5) is 32.2. The maximum absolute atomic E-state index is 13.5. The van der Waals surface area contributed by atoms with Crippen LogP contribution in [0.3, 0.4) is 0 Å². The zero-order valence-corrected chi connectivity index (χ0v) is 25.4. The molecule has 3 aromatic rings. The number of aromatic hydroxyl groups is 1. The van der Waals surface area contributed by atoms with Crippen LogP contribution in [0.25, 0.3) is 0 Å². The predicted molar refractivity (Wildman–Crippen MR) is 163 cm³/mol. The van der Waals surface area contributed by atoms with Crippen LogP contribution in [0.4, 0.5) is 0 Å². The zero-order chi connectivity index (χ0) is 30.4. The van der Waals surface area contributed by atoms with Gasteiger partial charge in [-0.15, -0.1) is 11.6 Å². The predicted octanol–water partition coefficient (Wildman–Crippen LogP) is 5.04. The monoisotopic (exact) mass is 648 g/mol. The Kier molecular flexibility index (Phi) is 10.2. The van der Waals surface area contributed by atoms with Crippen molar-refractivity contribution in [3.8, 4) is 11.5 Å². The minimum atomic E-state index is -4.01. The fourth-order valence-electron chi connectivity index (χ4n) is 4.05. The van der Waals surface area contributed by atoms with Crippen molar-refractivity contribution < 1.29 is 32.6 Å². The lowest BCUT2D eigenvalue weighted by Gasteiger charge is -2.47. The SMILES string of the molecule is C=C(CCl)C(C(=O)OCc1ccc(OC)cc1)N1C(=O)C(N=Cc2cc(Cl)ccc2O)C1SS(=O)(=O)c1ccccc1. The minimum absolute atomic E-state index is 0.0133. The van der Waals surface area contributed by atoms with Crippen molar-refractivity contribution in [1.29, 1.82) is 0 Å². The fourth-order valence-corrected chi connectivity index (χ4v) is 7.89. The van der Waals surface area contributed by atoms with E-state index in [1.54, 1.807) is 42.5 Å². The third-order valence-corrected chi connectivity index (χ3v) is 10.6. The molecular weight excluding hydrogens is 623 g/mol. The number of esters is 1. The molecule has 1 heterocycles. The van der Waals surface area contributed by atoms with Gasteiger partial charge in [0.05, 0.1) is 12.0 Å². The summed E-state index contributed by atoms with van der Waals surface area (Å²) in [6, 6.07) is 16.2. The number of carbonyl (C=O) groups excluding carboxylic acids is 2. The van der Waals surface area contributed by atoms with Gasteiger partial charge in [-0.3, -0.25) is 9.79 Å². The second-order valence-corrected chi connectivity index (χ2v) is 13.7. The summed E-state index contributed by atoms with van der Waals surface area (Å²) in [6.45, 7) is 3.73. The third-order valence-electron chi connectivity index (χ3n) is 6.27. The molecule has 9 nitrogen and oxygen atoms in total. The topological polar surface area (TPSA) is 123 Å². The summed E-state index contributed by atoms with van der Waals surface area (Å²) in [5.41, 5.74) is 1.03. The van der Waals surface area contributed by atoms with Crippen molar-refractivity contribution in [2.45, 2.75) is 29.0 Å². The maximum Gasteiger partial charge on any atom is 0.333 e. The van der Waals surface area contributed by atoms with Crippen LogP contribution in [0.15, 0.2) is 94.8 Å². The minimum Gasteiger partial charge on any atom is -0.507 e. The molecule has 1 N–H and O–H groups in total. The first-order valence-corrected chi connectivity index (χ1v) is 16.2. The number of halogens is 2. The molecule has 0 spiro atoms. The lowest BCUT2D eigenvalue weighted by molar-refractivity contribution is -0.161. The number of aliphatic imine (C=N–C) groups is 1. The Hall–Kier alpha value is -3.51. The summed E-state index contributed by atoms with van der Waals surface area (Å²) in [5, 5.41) is 9.34. The standard InChI is InChI=1S/C29H26Cl2N2O7S2/c1-18(15-30)26(29(36)40-17-19-8-11-22(39-2)12-9-19)33-27(35)25(32-16-20-14-21(31)10-13-24(20)34)28(33)41-42(37,38)23-6-4-3-5-7-23/h3-14,16,25-26,28,34H,1,15,17H2,2H3. The average Bonchev–Trinajstić information content (AvgIpc) is 3.00. The van der Waals surface area contributed by atoms with Crippen LogP contribution < -0.4 is 4.74 Å². The summed E-state index contributed by atoms with van der Waals surface area (Å²) < 4.78 is 37.3. The van der Waals surface area contributed by atoms with Crippen LogP contribution in [0.1, 0.15) is 11.1 Å². The number of nitrogens with zero attached hydrogens (tertiary/aromatic N) is 2. The molecule has 3 aromatic carbocycles. The Balaban J connectivity index is 1.64. The Bertz CT molecular complexity index is 1600. The first kappa shape index (κ1) is 31.4. The Morgan fingerprint density at radius 1 is 1.17 bits per heavy atom. The van der Waals surface area contributed by atoms with Crippen molar-refractivity contribution in [3.63, 3.8) is 0 Å². The first-order chi connectivity index (χ1) is 20.1. The van der Waals surface area contributed by atoms with E-state index in [4.69, 9.17) is 32.7 Å². The van der Waals surface area contributed by atoms with E-state index in [2.05, 4.69) is 11.6 Å². The largest absolute Gasteiger partial charge is 0.507 e. The van der Waals surface area contributed by atoms with Gasteiger partial charge in [0.25, 0.3) is 5.91 Å². The number of phenols is 1. The second kappa shape index (κ2) is 13.6. The molecule has 0 radical (unpaired) electrons. The van der Waals surface area contributed by atoms with Gasteiger partial charge in [-0.25, -0.2) is 13.2 Å². The van der Waals surface area contributed by atoms with Crippen molar-refractivity contribution >= 4 is 61.0 Å². The van der Waals surface area contributed by atoms with E-state index in [1.807, 2.05) is 0 Å². The van der Waals surface area contributed by atoms with Gasteiger partial charge in [-0.1, -0.05) is 48.5 Å². The highest BCUT2D eigenvalue weighted by atomic mass is 35.5. The molecule has 1 fully saturated rings. The van der Waals surface area contributed by atoms with Crippen molar-refractivity contribution in [2.75, 3.05) is 13.0 Å². The van der Waals surface area contributed by atoms with E-state index in [9.17, 15) is 23.1 Å². The molecule has 4 rings (SSSR count). The lowest BCUT2D eigenvalue weighted by atomic mass is 9.99. The molecule has 1 saturated heterocycles. The molecule has 1 aliphatic rings. The summed E-state index contributed by atoms with van der Waals surface area (Å²) in [5.74, 6) is -1.18. The molecule has 0 aliphatic carbocycles. The normalized spacial score (nSPS) is 17.5. The number of phenolic OH excluding ortho intramolecular Hbond substituents is 1. The number of alkyl halides is 1. The van der Waals surface area contributed by atoms with E-state index in [0.29, 0.717) is 27.1 Å². The Morgan fingerprint density at radius 2 is 1.86 bits per heavy atom. The molecule has 1 amide bonds. The molecular formula is C29H26Cl2N2O7S2. The van der Waals surface area contributed by atoms with E-state index in [1.165, 1.54) is 43.7 Å². The molecule has 0 saturated carbocycles. The number of carbonyl (C=O) groups is 2. The van der Waals surface area contributed by atoms with Gasteiger partial charge in [0.15, 0.2) is 12.1 Å². The van der Waals surface area contributed by atoms with Gasteiger partial charge in [0.1, 0.15) is 23.5 Å². The van der Waals surface area contributed by atoms with Gasteiger partial charge in [0, 0.05) is 33.5 Å². The number of β-lactam (4-membered cyclic amide) rings is 1. The smallest absolute Gasteiger partial charge is 0.333 e. The molecule has 1 aliphatic heterocycles. The molecule has 0 aromatic heterocycles. The highest BCUT2D eigenvalue weighted by Crippen LogP contribution is 2.41. The van der Waals surface area contributed by atoms with Crippen molar-refractivity contribution in [2.24, 2.45) is 4.99 Å². The van der Waals surface area contributed by atoms with E-state index in [-0.39, 0.29) is 34.3 Å². The highest BCUT2D eigenvalue weighted by Gasteiger charge is 2.55. The van der Waals surface area contributed by atoms with Gasteiger partial charge in [0.2, 0.25) is 8.87 Å². The highest BCUT2D eigenvalue weighted by molar-refractivity contribution is 8.72. The fraction of sp³-hybridized carbons (Fsp3) is 0.207. The van der Waals surface area contributed by atoms with Crippen molar-refractivity contribution in [1.82, 2.24) is 4.90 Å². The van der Waals surface area contributed by atoms with E-state index in [0.717, 1.165) is 4.90 Å². The van der Waals surface area contributed by atoms with Gasteiger partial charge in [-0.2, -0.15) is 0 Å². The third kappa shape index (κ3) is 7.09. The van der Waals surface area contributed by atoms with E-state index >= 15 is 0 Å². The lowest BCUT2D eigenvalue weighted by Crippen LogP contribution is -2.68. The molecule has 220 valence electrons. The first-order valence-electron chi connectivity index (χ1n) is 12.4. The Morgan fingerprint density at radius 3 is 2.50 bits per heavy atom. The van der Waals surface area contributed by atoms with Crippen LogP contribution in [0.2, 0.25) is 5.02 Å². The zero-order valence-electron chi connectivity index (χ0n) is 22.2. The molecule has 13 heteroatoms. The number of hydrogen-bond acceptors (Lipinski definition) is 9. The quantitative estimate of drug-likeness (QED) is 0.0724. The molecule has 3 atom stereocenters. The van der Waals surface area contributed by atoms with Crippen LogP contribution >= 0.6 is 34.0 Å². The van der Waals surface area contributed by atoms with Crippen LogP contribution in [-0.2, 0) is 29.8 Å². The number of rotatable bonds is 12. The van der Waals surface area contributed by atoms with Gasteiger partial charge >= 0.3 is 5.97 Å². The van der Waals surface area contributed by atoms with E-state index < -0.39 is 38.2 Å².